The van der Waals surface area contributed by atoms with E-state index in [1.165, 1.54) is 10.9 Å². The van der Waals surface area contributed by atoms with Gasteiger partial charge in [-0.1, -0.05) is 0 Å². The molecule has 182 valence electrons. The summed E-state index contributed by atoms with van der Waals surface area (Å²) in [5.74, 6) is 0.0856. The van der Waals surface area contributed by atoms with Gasteiger partial charge in [-0.3, -0.25) is 14.4 Å². The summed E-state index contributed by atoms with van der Waals surface area (Å²) in [4.78, 5) is 38.1. The molecule has 32 heavy (non-hydrogen) atoms. The number of fused-ring (bicyclic) bond motifs is 1. The van der Waals surface area contributed by atoms with Gasteiger partial charge in [0.05, 0.1) is 12.9 Å². The number of nitrogens with zero attached hydrogens (tertiary/aromatic N) is 4. The summed E-state index contributed by atoms with van der Waals surface area (Å²) in [7, 11) is -8.72. The molecule has 1 aliphatic heterocycles. The van der Waals surface area contributed by atoms with Crippen molar-refractivity contribution < 1.29 is 52.7 Å². The van der Waals surface area contributed by atoms with Crippen LogP contribution in [0.5, 0.6) is 0 Å². The van der Waals surface area contributed by atoms with Crippen molar-refractivity contribution in [2.45, 2.75) is 37.7 Å². The summed E-state index contributed by atoms with van der Waals surface area (Å²) >= 11 is 0. The molecule has 3 rings (SSSR count). The Hall–Kier alpha value is -1.59. The smallest absolute Gasteiger partial charge is 0.387 e. The van der Waals surface area contributed by atoms with Crippen LogP contribution in [0.4, 0.5) is 5.82 Å². The third-order valence-corrected chi connectivity index (χ3v) is 6.18. The van der Waals surface area contributed by atoms with Crippen molar-refractivity contribution in [3.63, 3.8) is 0 Å². The second-order valence-corrected chi connectivity index (χ2v) is 9.26. The molecule has 17 nitrogen and oxygen atoms in total. The van der Waals surface area contributed by atoms with Gasteiger partial charge in [0.1, 0.15) is 36.4 Å². The molecule has 1 fully saturated rings. The van der Waals surface area contributed by atoms with Gasteiger partial charge in [0.2, 0.25) is 0 Å². The second kappa shape index (κ2) is 10.6. The Balaban J connectivity index is 0.000000654. The normalized spacial score (nSPS) is 26.4. The van der Waals surface area contributed by atoms with Gasteiger partial charge in [0.15, 0.2) is 17.7 Å². The zero-order valence-electron chi connectivity index (χ0n) is 16.7. The molecule has 2 aromatic rings. The predicted octanol–water partition coefficient (Wildman–Crippen LogP) is -2.20. The van der Waals surface area contributed by atoms with Crippen LogP contribution >= 0.6 is 15.6 Å². The molecule has 19 heteroatoms. The number of hydrogen-bond acceptors (Lipinski definition) is 13. The van der Waals surface area contributed by atoms with Crippen LogP contribution in [0.2, 0.25) is 0 Å². The van der Waals surface area contributed by atoms with Gasteiger partial charge in [0, 0.05) is 0 Å². The Kier molecular flexibility index (Phi) is 8.80. The number of nitrogens with one attached hydrogen (secondary N) is 1. The van der Waals surface area contributed by atoms with Gasteiger partial charge in [0.25, 0.3) is 0 Å². The van der Waals surface area contributed by atoms with E-state index in [2.05, 4.69) is 29.1 Å². The summed E-state index contributed by atoms with van der Waals surface area (Å²) < 4.78 is 36.8. The average molecular weight is 502 g/mol. The van der Waals surface area contributed by atoms with Crippen molar-refractivity contribution in [3.8, 4) is 0 Å². The number of phosphoric ester groups is 1. The van der Waals surface area contributed by atoms with Crippen LogP contribution in [-0.4, -0.2) is 87.7 Å². The molecule has 0 bridgehead atoms. The molecule has 1 aliphatic rings. The first-order chi connectivity index (χ1) is 14.8. The number of nitrogen functional groups attached to an aromatic ring is 1. The predicted molar refractivity (Wildman–Crippen MR) is 105 cm³/mol. The highest BCUT2D eigenvalue weighted by atomic mass is 31.3. The molecule has 9 N–H and O–H groups in total. The summed E-state index contributed by atoms with van der Waals surface area (Å²) in [6.07, 6.45) is -3.57. The van der Waals surface area contributed by atoms with Crippen LogP contribution in [0.3, 0.4) is 0 Å². The number of aliphatic hydroxyl groups is 3. The van der Waals surface area contributed by atoms with Gasteiger partial charge >= 0.3 is 15.6 Å². The zero-order chi connectivity index (χ0) is 24.3. The van der Waals surface area contributed by atoms with Crippen molar-refractivity contribution >= 4 is 32.6 Å². The van der Waals surface area contributed by atoms with E-state index in [1.54, 1.807) is 14.0 Å². The number of phosphoric acid groups is 2. The van der Waals surface area contributed by atoms with Crippen LogP contribution in [0, 0.1) is 0 Å². The molecule has 1 saturated heterocycles. The largest absolute Gasteiger partial charge is 0.481 e. The lowest BCUT2D eigenvalue weighted by Gasteiger charge is -2.17. The molecule has 0 aromatic carbocycles. The number of rotatable bonds is 7. The topological polar surface area (TPSA) is 265 Å². The summed E-state index contributed by atoms with van der Waals surface area (Å²) in [5, 5.41) is 31.1. The number of anilines is 1. The lowest BCUT2D eigenvalue weighted by Crippen LogP contribution is -2.33. The van der Waals surface area contributed by atoms with Crippen LogP contribution < -0.4 is 11.1 Å². The van der Waals surface area contributed by atoms with Gasteiger partial charge in [-0.2, -0.15) is 4.31 Å². The van der Waals surface area contributed by atoms with Gasteiger partial charge < -0.3 is 40.5 Å². The Morgan fingerprint density at radius 2 is 1.88 bits per heavy atom. The van der Waals surface area contributed by atoms with E-state index in [4.69, 9.17) is 25.4 Å². The summed E-state index contributed by atoms with van der Waals surface area (Å²) in [6.45, 7) is 0.853. The number of ether oxygens (including phenoxy) is 1. The summed E-state index contributed by atoms with van der Waals surface area (Å²) in [5.41, 5.74) is 6.11. The Morgan fingerprint density at radius 3 is 2.44 bits per heavy atom. The monoisotopic (exact) mass is 502 g/mol. The molecule has 0 spiro atoms. The minimum atomic E-state index is -5.29. The van der Waals surface area contributed by atoms with E-state index < -0.39 is 46.8 Å². The Morgan fingerprint density at radius 1 is 1.25 bits per heavy atom. The minimum Gasteiger partial charge on any atom is -0.387 e. The third-order valence-electron chi connectivity index (χ3n) is 4.03. The average Bonchev–Trinajstić information content (AvgIpc) is 3.22. The second-order valence-electron chi connectivity index (χ2n) is 6.43. The highest BCUT2D eigenvalue weighted by Crippen LogP contribution is 2.57. The van der Waals surface area contributed by atoms with Crippen LogP contribution in [-0.2, 0) is 22.7 Å². The van der Waals surface area contributed by atoms with Crippen molar-refractivity contribution in [3.05, 3.63) is 12.7 Å². The van der Waals surface area contributed by atoms with Gasteiger partial charge in [-0.05, 0) is 14.0 Å². The standard InChI is InChI=1S/C10H15N5O10P2.C3H9NO/c11-8-5-9(13-2-12-8)15(3-14-5)10-7(17)6(16)4(24-10)1-23-27(21,22)25-26(18,19)20;1-3(5)4-2/h2-4,6-7,10,16-17H,1H2,(H,21,22)(H2,11,12,13)(H2,18,19,20);3-5H,1-2H3/t4-,6?,7?,10-;/m1./s1. The van der Waals surface area contributed by atoms with Gasteiger partial charge in [-0.25, -0.2) is 24.1 Å². The SMILES string of the molecule is CNC(C)O.Nc1ncnc2c1ncn2[C@@H]1O[C@H](COP(=O)(O)OP(=O)(O)O)C(O)C1O. The first kappa shape index (κ1) is 26.7. The maximum atomic E-state index is 11.5. The molecule has 0 amide bonds. The Bertz CT molecular complexity index is 1000. The van der Waals surface area contributed by atoms with E-state index >= 15 is 0 Å². The first-order valence-corrected chi connectivity index (χ1v) is 11.8. The maximum Gasteiger partial charge on any atom is 0.481 e. The number of aliphatic hydroxyl groups excluding tert-OH is 3. The van der Waals surface area contributed by atoms with Crippen molar-refractivity contribution in [1.29, 1.82) is 0 Å². The fraction of sp³-hybridized carbons (Fsp3) is 0.615. The molecule has 6 atom stereocenters. The van der Waals surface area contributed by atoms with Crippen molar-refractivity contribution in [1.82, 2.24) is 24.8 Å². The highest BCUT2D eigenvalue weighted by molar-refractivity contribution is 7.60. The molecule has 0 aliphatic carbocycles. The molecule has 3 heterocycles. The molecule has 0 saturated carbocycles. The van der Waals surface area contributed by atoms with Gasteiger partial charge in [-0.15, -0.1) is 0 Å². The maximum absolute atomic E-state index is 11.5. The Labute approximate surface area is 180 Å². The quantitative estimate of drug-likeness (QED) is 0.147. The minimum absolute atomic E-state index is 0.0856. The summed E-state index contributed by atoms with van der Waals surface area (Å²) in [6, 6.07) is 0. The molecule has 0 radical (unpaired) electrons. The zero-order valence-corrected chi connectivity index (χ0v) is 18.5. The van der Waals surface area contributed by atoms with Crippen LogP contribution in [0.25, 0.3) is 11.2 Å². The van der Waals surface area contributed by atoms with E-state index in [1.807, 2.05) is 0 Å². The fourth-order valence-electron chi connectivity index (χ4n) is 2.48. The number of aromatic nitrogens is 4. The fourth-order valence-corrected chi connectivity index (χ4v) is 4.08. The van der Waals surface area contributed by atoms with Crippen LogP contribution in [0.15, 0.2) is 12.7 Å². The molecular weight excluding hydrogens is 478 g/mol. The van der Waals surface area contributed by atoms with E-state index in [0.29, 0.717) is 0 Å². The molecule has 4 unspecified atom stereocenters. The van der Waals surface area contributed by atoms with E-state index in [-0.39, 0.29) is 23.2 Å². The van der Waals surface area contributed by atoms with E-state index in [0.717, 1.165) is 6.33 Å². The third kappa shape index (κ3) is 6.95. The van der Waals surface area contributed by atoms with Crippen LogP contribution in [0.1, 0.15) is 13.2 Å². The first-order valence-electron chi connectivity index (χ1n) is 8.80. The molecule has 2 aromatic heterocycles. The van der Waals surface area contributed by atoms with Crippen molar-refractivity contribution in [2.24, 2.45) is 0 Å². The number of nitrogens with two attached hydrogens (primary N) is 1. The molecular formula is C13H24N6O11P2. The van der Waals surface area contributed by atoms with Crippen molar-refractivity contribution in [2.75, 3.05) is 19.4 Å². The lowest BCUT2D eigenvalue weighted by atomic mass is 10.1. The number of hydrogen-bond donors (Lipinski definition) is 8. The highest BCUT2D eigenvalue weighted by Gasteiger charge is 2.46. The van der Waals surface area contributed by atoms with E-state index in [9.17, 15) is 24.2 Å². The lowest BCUT2D eigenvalue weighted by molar-refractivity contribution is -0.0503. The number of imidazole rings is 1.